The number of hydrogen-bond donors (Lipinski definition) is 1. The molecule has 1 atom stereocenters. The number of likely N-dealkylation sites (tertiary alicyclic amines) is 1. The number of carbonyl (C=O) groups is 2. The van der Waals surface area contributed by atoms with Crippen LogP contribution < -0.4 is 0 Å². The van der Waals surface area contributed by atoms with Gasteiger partial charge in [0.2, 0.25) is 5.91 Å². The van der Waals surface area contributed by atoms with E-state index in [0.29, 0.717) is 13.1 Å². The van der Waals surface area contributed by atoms with Crippen LogP contribution in [0.25, 0.3) is 0 Å². The van der Waals surface area contributed by atoms with Gasteiger partial charge in [0.1, 0.15) is 0 Å². The van der Waals surface area contributed by atoms with Gasteiger partial charge < -0.3 is 14.7 Å². The quantitative estimate of drug-likeness (QED) is 0.654. The summed E-state index contributed by atoms with van der Waals surface area (Å²) in [5, 5.41) is 8.79. The van der Waals surface area contributed by atoms with E-state index >= 15 is 0 Å². The first-order valence-electron chi connectivity index (χ1n) is 5.64. The second-order valence-electron chi connectivity index (χ2n) is 4.13. The largest absolute Gasteiger partial charge is 0.481 e. The van der Waals surface area contributed by atoms with Gasteiger partial charge in [0.15, 0.2) is 0 Å². The molecule has 1 saturated heterocycles. The van der Waals surface area contributed by atoms with Crippen molar-refractivity contribution in [1.82, 2.24) is 4.90 Å². The van der Waals surface area contributed by atoms with Crippen LogP contribution in [0.1, 0.15) is 25.7 Å². The monoisotopic (exact) mass is 229 g/mol. The lowest BCUT2D eigenvalue weighted by Gasteiger charge is -2.15. The van der Waals surface area contributed by atoms with Crippen LogP contribution in [-0.4, -0.2) is 48.7 Å². The zero-order valence-corrected chi connectivity index (χ0v) is 9.65. The van der Waals surface area contributed by atoms with Crippen LogP contribution in [0, 0.1) is 5.92 Å². The molecule has 0 aliphatic carbocycles. The maximum Gasteiger partial charge on any atom is 0.308 e. The van der Waals surface area contributed by atoms with Gasteiger partial charge in [0.05, 0.1) is 5.92 Å². The maximum absolute atomic E-state index is 11.4. The van der Waals surface area contributed by atoms with E-state index in [-0.39, 0.29) is 12.3 Å². The van der Waals surface area contributed by atoms with Crippen molar-refractivity contribution in [3.63, 3.8) is 0 Å². The van der Waals surface area contributed by atoms with Crippen molar-refractivity contribution in [2.45, 2.75) is 25.7 Å². The van der Waals surface area contributed by atoms with Crippen molar-refractivity contribution < 1.29 is 19.4 Å². The third-order valence-electron chi connectivity index (χ3n) is 2.84. The summed E-state index contributed by atoms with van der Waals surface area (Å²) in [4.78, 5) is 23.8. The van der Waals surface area contributed by atoms with Crippen LogP contribution in [0.4, 0.5) is 0 Å². The number of methoxy groups -OCH3 is 1. The van der Waals surface area contributed by atoms with Gasteiger partial charge in [-0.1, -0.05) is 0 Å². The fourth-order valence-corrected chi connectivity index (χ4v) is 1.88. The summed E-state index contributed by atoms with van der Waals surface area (Å²) >= 11 is 0. The molecule has 5 heteroatoms. The summed E-state index contributed by atoms with van der Waals surface area (Å²) in [6, 6.07) is 0. The Balaban J connectivity index is 2.18. The first kappa shape index (κ1) is 13.0. The number of carbonyl (C=O) groups excluding carboxylic acids is 1. The van der Waals surface area contributed by atoms with Crippen molar-refractivity contribution in [3.8, 4) is 0 Å². The predicted octanol–water partition coefficient (Wildman–Crippen LogP) is 0.736. The van der Waals surface area contributed by atoms with E-state index in [1.165, 1.54) is 0 Å². The Kier molecular flexibility index (Phi) is 5.25. The van der Waals surface area contributed by atoms with Gasteiger partial charge in [-0.25, -0.2) is 0 Å². The van der Waals surface area contributed by atoms with E-state index in [1.54, 1.807) is 12.0 Å². The number of unbranched alkanes of at least 4 members (excludes halogenated alkanes) is 2. The van der Waals surface area contributed by atoms with Gasteiger partial charge >= 0.3 is 5.97 Å². The molecule has 1 aliphatic heterocycles. The number of hydrogen-bond acceptors (Lipinski definition) is 3. The molecule has 0 spiro atoms. The van der Waals surface area contributed by atoms with Gasteiger partial charge in [0, 0.05) is 33.2 Å². The first-order chi connectivity index (χ1) is 7.65. The first-order valence-corrected chi connectivity index (χ1v) is 5.64. The second kappa shape index (κ2) is 6.48. The number of carboxylic acids is 1. The van der Waals surface area contributed by atoms with Crippen LogP contribution >= 0.6 is 0 Å². The van der Waals surface area contributed by atoms with E-state index in [0.717, 1.165) is 25.9 Å². The Hall–Kier alpha value is -1.10. The van der Waals surface area contributed by atoms with E-state index in [1.807, 2.05) is 0 Å². The van der Waals surface area contributed by atoms with Crippen LogP contribution in [0.3, 0.4) is 0 Å². The van der Waals surface area contributed by atoms with Crippen LogP contribution in [-0.2, 0) is 14.3 Å². The van der Waals surface area contributed by atoms with E-state index in [9.17, 15) is 9.59 Å². The lowest BCUT2D eigenvalue weighted by atomic mass is 10.1. The molecule has 92 valence electrons. The highest BCUT2D eigenvalue weighted by atomic mass is 16.5. The summed E-state index contributed by atoms with van der Waals surface area (Å²) in [5.41, 5.74) is 0. The van der Waals surface area contributed by atoms with Crippen molar-refractivity contribution >= 4 is 11.9 Å². The molecule has 0 bridgehead atoms. The Bertz CT molecular complexity index is 254. The Morgan fingerprint density at radius 3 is 2.81 bits per heavy atom. The summed E-state index contributed by atoms with van der Waals surface area (Å²) in [7, 11) is 1.67. The number of aliphatic carboxylic acids is 1. The molecule has 1 aliphatic rings. The highest BCUT2D eigenvalue weighted by Crippen LogP contribution is 2.18. The number of nitrogens with zero attached hydrogens (tertiary/aromatic N) is 1. The Morgan fingerprint density at radius 2 is 2.25 bits per heavy atom. The standard InChI is InChI=1S/C11H19NO4/c1-16-6-4-2-3-5-12-8-9(11(14)15)7-10(12)13/h9H,2-8H2,1H3,(H,14,15). The van der Waals surface area contributed by atoms with Crippen LogP contribution in [0.5, 0.6) is 0 Å². The van der Waals surface area contributed by atoms with Crippen molar-refractivity contribution in [2.75, 3.05) is 26.8 Å². The highest BCUT2D eigenvalue weighted by Gasteiger charge is 2.33. The number of rotatable bonds is 7. The smallest absolute Gasteiger partial charge is 0.308 e. The molecule has 1 unspecified atom stereocenters. The minimum atomic E-state index is -0.866. The third kappa shape index (κ3) is 3.81. The molecule has 0 radical (unpaired) electrons. The molecule has 1 fully saturated rings. The van der Waals surface area contributed by atoms with E-state index in [4.69, 9.17) is 9.84 Å². The van der Waals surface area contributed by atoms with E-state index < -0.39 is 11.9 Å². The molecule has 1 N–H and O–H groups in total. The van der Waals surface area contributed by atoms with Gasteiger partial charge in [-0.2, -0.15) is 0 Å². The van der Waals surface area contributed by atoms with Crippen molar-refractivity contribution in [3.05, 3.63) is 0 Å². The number of amides is 1. The lowest BCUT2D eigenvalue weighted by Crippen LogP contribution is -2.27. The zero-order chi connectivity index (χ0) is 12.0. The molecule has 0 aromatic carbocycles. The lowest BCUT2D eigenvalue weighted by molar-refractivity contribution is -0.141. The van der Waals surface area contributed by atoms with Crippen LogP contribution in [0.15, 0.2) is 0 Å². The average Bonchev–Trinajstić information content (AvgIpc) is 2.60. The number of ether oxygens (including phenoxy) is 1. The fraction of sp³-hybridized carbons (Fsp3) is 0.818. The Labute approximate surface area is 95.4 Å². The molecular weight excluding hydrogens is 210 g/mol. The number of carboxylic acid groups (broad SMARTS) is 1. The Morgan fingerprint density at radius 1 is 1.50 bits per heavy atom. The molecule has 5 nitrogen and oxygen atoms in total. The predicted molar refractivity (Wildman–Crippen MR) is 58.0 cm³/mol. The van der Waals surface area contributed by atoms with Gasteiger partial charge in [-0.3, -0.25) is 9.59 Å². The highest BCUT2D eigenvalue weighted by molar-refractivity contribution is 5.86. The van der Waals surface area contributed by atoms with Gasteiger partial charge in [0.25, 0.3) is 0 Å². The summed E-state index contributed by atoms with van der Waals surface area (Å²) in [6.07, 6.45) is 3.07. The second-order valence-corrected chi connectivity index (χ2v) is 4.13. The fourth-order valence-electron chi connectivity index (χ4n) is 1.88. The molecular formula is C11H19NO4. The average molecular weight is 229 g/mol. The minimum absolute atomic E-state index is 0.0286. The normalized spacial score (nSPS) is 20.4. The van der Waals surface area contributed by atoms with Crippen LogP contribution in [0.2, 0.25) is 0 Å². The summed E-state index contributed by atoms with van der Waals surface area (Å²) in [6.45, 7) is 1.79. The van der Waals surface area contributed by atoms with Crippen molar-refractivity contribution in [1.29, 1.82) is 0 Å². The van der Waals surface area contributed by atoms with E-state index in [2.05, 4.69) is 0 Å². The molecule has 16 heavy (non-hydrogen) atoms. The summed E-state index contributed by atoms with van der Waals surface area (Å²) in [5.74, 6) is -1.40. The molecule has 1 heterocycles. The molecule has 0 saturated carbocycles. The summed E-state index contributed by atoms with van der Waals surface area (Å²) < 4.78 is 4.93. The third-order valence-corrected chi connectivity index (χ3v) is 2.84. The molecule has 0 aromatic rings. The van der Waals surface area contributed by atoms with Gasteiger partial charge in [-0.15, -0.1) is 0 Å². The molecule has 1 amide bonds. The zero-order valence-electron chi connectivity index (χ0n) is 9.65. The van der Waals surface area contributed by atoms with Gasteiger partial charge in [-0.05, 0) is 19.3 Å². The molecule has 0 aromatic heterocycles. The molecule has 1 rings (SSSR count). The minimum Gasteiger partial charge on any atom is -0.481 e. The van der Waals surface area contributed by atoms with Crippen molar-refractivity contribution in [2.24, 2.45) is 5.92 Å². The SMILES string of the molecule is COCCCCCN1CC(C(=O)O)CC1=O. The maximum atomic E-state index is 11.4. The topological polar surface area (TPSA) is 66.8 Å².